The maximum Gasteiger partial charge on any atom is -0.412 e. The van der Waals surface area contributed by atoms with Crippen LogP contribution in [0.2, 0.25) is 0 Å². The predicted molar refractivity (Wildman–Crippen MR) is 55.8 cm³/mol. The van der Waals surface area contributed by atoms with Crippen LogP contribution in [0, 0.1) is 0 Å². The molecular formula is C7H22N2O3Sb. The molecule has 0 saturated carbocycles. The first-order valence-electron chi connectivity index (χ1n) is 4.02. The third-order valence-electron chi connectivity index (χ3n) is 1.36. The molecule has 5 nitrogen and oxygen atoms in total. The van der Waals surface area contributed by atoms with Crippen molar-refractivity contribution in [2.45, 2.75) is 13.8 Å². The Balaban J connectivity index is -0.000000500. The minimum atomic E-state index is -0.285. The fourth-order valence-corrected chi connectivity index (χ4v) is 2.59. The number of hydrogen-bond donors (Lipinski definition) is 1. The summed E-state index contributed by atoms with van der Waals surface area (Å²) in [6, 6.07) is 0. The first kappa shape index (κ1) is 19.2. The summed E-state index contributed by atoms with van der Waals surface area (Å²) >= 11 is -0.285. The SMILES string of the molecule is CC[N](CC)[Sb][NH]CCOC.O.O. The Hall–Kier alpha value is 0.618. The number of nitrogens with one attached hydrogen (secondary N) is 1. The fourth-order valence-electron chi connectivity index (χ4n) is 0.663. The summed E-state index contributed by atoms with van der Waals surface area (Å²) in [7, 11) is 1.74. The maximum absolute atomic E-state index is 4.93. The van der Waals surface area contributed by atoms with Crippen molar-refractivity contribution in [1.82, 2.24) is 6.53 Å². The third-order valence-corrected chi connectivity index (χ3v) is 4.82. The van der Waals surface area contributed by atoms with Gasteiger partial charge in [0.15, 0.2) is 0 Å². The first-order valence-corrected chi connectivity index (χ1v) is 6.44. The van der Waals surface area contributed by atoms with Gasteiger partial charge in [-0.1, -0.05) is 0 Å². The van der Waals surface area contributed by atoms with E-state index in [9.17, 15) is 0 Å². The van der Waals surface area contributed by atoms with Gasteiger partial charge in [0.1, 0.15) is 0 Å². The molecule has 13 heavy (non-hydrogen) atoms. The van der Waals surface area contributed by atoms with Gasteiger partial charge in [0.25, 0.3) is 0 Å². The molecule has 0 amide bonds. The van der Waals surface area contributed by atoms with Gasteiger partial charge in [0.05, 0.1) is 0 Å². The Labute approximate surface area is 91.7 Å². The molecule has 0 aromatic heterocycles. The van der Waals surface area contributed by atoms with Gasteiger partial charge in [-0.2, -0.15) is 0 Å². The quantitative estimate of drug-likeness (QED) is 0.456. The molecule has 0 heterocycles. The Kier molecular flexibility index (Phi) is 22.3. The molecule has 0 aliphatic carbocycles. The molecule has 0 unspecified atom stereocenters. The second kappa shape index (κ2) is 15.1. The summed E-state index contributed by atoms with van der Waals surface area (Å²) < 4.78 is 10.9. The van der Waals surface area contributed by atoms with Gasteiger partial charge in [-0.25, -0.2) is 0 Å². The molecule has 0 atom stereocenters. The number of hydrogen-bond acceptors (Lipinski definition) is 3. The molecule has 83 valence electrons. The van der Waals surface area contributed by atoms with Crippen LogP contribution >= 0.6 is 0 Å². The molecule has 5 N–H and O–H groups in total. The number of ether oxygens (including phenoxy) is 1. The van der Waals surface area contributed by atoms with Crippen LogP contribution in [0.5, 0.6) is 0 Å². The molecule has 0 aromatic carbocycles. The van der Waals surface area contributed by atoms with Crippen LogP contribution in [0.25, 0.3) is 0 Å². The van der Waals surface area contributed by atoms with E-state index in [-0.39, 0.29) is 33.1 Å². The van der Waals surface area contributed by atoms with Crippen LogP contribution in [0.3, 0.4) is 0 Å². The normalized spacial score (nSPS) is 9.23. The van der Waals surface area contributed by atoms with E-state index in [0.29, 0.717) is 0 Å². The largest absolute Gasteiger partial charge is 0.412 e. The van der Waals surface area contributed by atoms with Crippen molar-refractivity contribution in [1.29, 1.82) is 0 Å². The zero-order chi connectivity index (χ0) is 8.53. The van der Waals surface area contributed by atoms with Crippen molar-refractivity contribution in [3.05, 3.63) is 0 Å². The van der Waals surface area contributed by atoms with E-state index in [1.807, 2.05) is 0 Å². The van der Waals surface area contributed by atoms with Gasteiger partial charge in [-0.15, -0.1) is 0 Å². The van der Waals surface area contributed by atoms with Gasteiger partial charge < -0.3 is 11.0 Å². The Morgan fingerprint density at radius 3 is 2.15 bits per heavy atom. The van der Waals surface area contributed by atoms with Crippen molar-refractivity contribution < 1.29 is 15.7 Å². The predicted octanol–water partition coefficient (Wildman–Crippen LogP) is -1.55. The summed E-state index contributed by atoms with van der Waals surface area (Å²) in [5.74, 6) is 0. The van der Waals surface area contributed by atoms with Crippen LogP contribution in [0.1, 0.15) is 13.8 Å². The smallest absolute Gasteiger partial charge is 0.412 e. The van der Waals surface area contributed by atoms with E-state index in [2.05, 4.69) is 20.4 Å². The summed E-state index contributed by atoms with van der Waals surface area (Å²) in [6.07, 6.45) is 0. The number of methoxy groups -OCH3 is 1. The number of rotatable bonds is 7. The monoisotopic (exact) mass is 303 g/mol. The zero-order valence-electron chi connectivity index (χ0n) is 8.63. The molecule has 0 rings (SSSR count). The molecule has 0 spiro atoms. The molecule has 0 bridgehead atoms. The summed E-state index contributed by atoms with van der Waals surface area (Å²) in [6.45, 7) is 8.59. The Morgan fingerprint density at radius 2 is 1.77 bits per heavy atom. The van der Waals surface area contributed by atoms with Gasteiger partial charge in [-0.3, -0.25) is 0 Å². The number of nitrogens with zero attached hydrogens (tertiary/aromatic N) is 1. The van der Waals surface area contributed by atoms with Gasteiger partial charge >= 0.3 is 80.6 Å². The molecule has 0 fully saturated rings. The molecule has 0 aliphatic rings. The molecule has 0 aliphatic heterocycles. The van der Waals surface area contributed by atoms with E-state index >= 15 is 0 Å². The van der Waals surface area contributed by atoms with E-state index in [4.69, 9.17) is 4.74 Å². The van der Waals surface area contributed by atoms with Crippen molar-refractivity contribution in [3.8, 4) is 0 Å². The van der Waals surface area contributed by atoms with E-state index in [1.54, 1.807) is 7.11 Å². The van der Waals surface area contributed by atoms with Gasteiger partial charge in [0, 0.05) is 0 Å². The third kappa shape index (κ3) is 12.6. The topological polar surface area (TPSA) is 87.5 Å². The minimum Gasteiger partial charge on any atom is -0.412 e. The summed E-state index contributed by atoms with van der Waals surface area (Å²) in [5, 5.41) is 0. The van der Waals surface area contributed by atoms with Crippen LogP contribution in [0.15, 0.2) is 0 Å². The molecule has 0 saturated heterocycles. The maximum atomic E-state index is 4.93. The van der Waals surface area contributed by atoms with Crippen LogP contribution < -0.4 is 3.48 Å². The van der Waals surface area contributed by atoms with Crippen LogP contribution in [0.4, 0.5) is 0 Å². The first-order chi connectivity index (χ1) is 5.35. The second-order valence-electron chi connectivity index (χ2n) is 2.14. The average molecular weight is 304 g/mol. The molecule has 0 aromatic rings. The summed E-state index contributed by atoms with van der Waals surface area (Å²) in [5.41, 5.74) is 0. The Bertz CT molecular complexity index is 84.1. The summed E-state index contributed by atoms with van der Waals surface area (Å²) in [4.78, 5) is 0. The van der Waals surface area contributed by atoms with Gasteiger partial charge in [0.2, 0.25) is 0 Å². The molecular weight excluding hydrogens is 282 g/mol. The Morgan fingerprint density at radius 1 is 1.23 bits per heavy atom. The molecule has 1 radical (unpaired) electrons. The zero-order valence-corrected chi connectivity index (χ0v) is 11.2. The standard InChI is InChI=1S/C4H10N.C3H8NO.2H2O.Sb/c1-3-5-4-2;1-5-3-2-4;;;/h3-4H2,1-2H3;4H,2-3H2,1H3;2*1H2;/q2*-1;;;+2. The van der Waals surface area contributed by atoms with Crippen molar-refractivity contribution in [2.24, 2.45) is 0 Å². The van der Waals surface area contributed by atoms with E-state index in [0.717, 1.165) is 13.2 Å². The van der Waals surface area contributed by atoms with Crippen molar-refractivity contribution >= 4 is 22.2 Å². The minimum absolute atomic E-state index is 0. The van der Waals surface area contributed by atoms with Crippen LogP contribution in [-0.4, -0.2) is 69.5 Å². The fraction of sp³-hybridized carbons (Fsp3) is 1.00. The average Bonchev–Trinajstić information content (AvgIpc) is 2.05. The molecule has 6 heteroatoms. The van der Waals surface area contributed by atoms with Gasteiger partial charge in [-0.05, 0) is 0 Å². The van der Waals surface area contributed by atoms with E-state index < -0.39 is 0 Å². The van der Waals surface area contributed by atoms with Crippen molar-refractivity contribution in [2.75, 3.05) is 33.4 Å². The van der Waals surface area contributed by atoms with E-state index in [1.165, 1.54) is 13.1 Å². The van der Waals surface area contributed by atoms with Crippen molar-refractivity contribution in [3.63, 3.8) is 0 Å². The van der Waals surface area contributed by atoms with Crippen LogP contribution in [-0.2, 0) is 4.74 Å². The second-order valence-corrected chi connectivity index (χ2v) is 5.23.